The van der Waals surface area contributed by atoms with Gasteiger partial charge >= 0.3 is 6.18 Å². The van der Waals surface area contributed by atoms with Crippen LogP contribution in [0.15, 0.2) is 42.5 Å². The molecule has 2 amide bonds. The van der Waals surface area contributed by atoms with Crippen molar-refractivity contribution in [3.8, 4) is 0 Å². The maximum atomic E-state index is 13.3. The molecule has 0 heterocycles. The van der Waals surface area contributed by atoms with E-state index in [1.165, 1.54) is 12.1 Å². The Hall–Kier alpha value is -2.97. The van der Waals surface area contributed by atoms with Crippen molar-refractivity contribution in [1.82, 2.24) is 0 Å². The normalized spacial score (nSPS) is 11.2. The van der Waals surface area contributed by atoms with Gasteiger partial charge in [0.15, 0.2) is 11.6 Å². The molecule has 2 aromatic carbocycles. The second kappa shape index (κ2) is 8.15. The van der Waals surface area contributed by atoms with Gasteiger partial charge in [0.25, 0.3) is 0 Å². The molecule has 0 unspecified atom stereocenters. The van der Waals surface area contributed by atoms with Gasteiger partial charge in [-0.2, -0.15) is 13.2 Å². The minimum absolute atomic E-state index is 0.0323. The largest absolute Gasteiger partial charge is 0.418 e. The monoisotopic (exact) mass is 386 g/mol. The van der Waals surface area contributed by atoms with Gasteiger partial charge in [-0.3, -0.25) is 9.59 Å². The quantitative estimate of drug-likeness (QED) is 0.776. The van der Waals surface area contributed by atoms with Crippen LogP contribution in [-0.2, 0) is 15.8 Å². The molecule has 0 aliphatic rings. The molecule has 0 saturated heterocycles. The molecular formula is C18H15F5N2O2. The number of carbonyl (C=O) groups is 2. The molecule has 0 saturated carbocycles. The van der Waals surface area contributed by atoms with Crippen LogP contribution >= 0.6 is 0 Å². The first-order valence-corrected chi connectivity index (χ1v) is 7.79. The smallest absolute Gasteiger partial charge is 0.325 e. The van der Waals surface area contributed by atoms with Gasteiger partial charge in [0.2, 0.25) is 11.8 Å². The third-order valence-electron chi connectivity index (χ3n) is 3.66. The number of benzene rings is 2. The lowest BCUT2D eigenvalue weighted by molar-refractivity contribution is -0.137. The minimum Gasteiger partial charge on any atom is -0.325 e. The topological polar surface area (TPSA) is 49.4 Å². The highest BCUT2D eigenvalue weighted by Gasteiger charge is 2.33. The van der Waals surface area contributed by atoms with Crippen molar-refractivity contribution >= 4 is 23.2 Å². The van der Waals surface area contributed by atoms with Gasteiger partial charge in [0.1, 0.15) is 0 Å². The predicted octanol–water partition coefficient (Wildman–Crippen LogP) is 4.37. The van der Waals surface area contributed by atoms with Crippen molar-refractivity contribution in [2.24, 2.45) is 0 Å². The number of rotatable bonds is 5. The maximum Gasteiger partial charge on any atom is 0.418 e. The summed E-state index contributed by atoms with van der Waals surface area (Å²) in [5.74, 6) is -3.56. The molecule has 0 atom stereocenters. The fourth-order valence-electron chi connectivity index (χ4n) is 2.39. The molecule has 9 heteroatoms. The summed E-state index contributed by atoms with van der Waals surface area (Å²) in [5, 5.41) is 2.15. The van der Waals surface area contributed by atoms with Gasteiger partial charge < -0.3 is 10.2 Å². The molecule has 4 nitrogen and oxygen atoms in total. The van der Waals surface area contributed by atoms with E-state index in [1.807, 2.05) is 0 Å². The fraction of sp³-hybridized carbons (Fsp3) is 0.222. The lowest BCUT2D eigenvalue weighted by atomic mass is 10.1. The van der Waals surface area contributed by atoms with Crippen molar-refractivity contribution in [2.45, 2.75) is 19.5 Å². The van der Waals surface area contributed by atoms with Gasteiger partial charge in [-0.15, -0.1) is 0 Å². The molecule has 0 fully saturated rings. The van der Waals surface area contributed by atoms with E-state index in [1.54, 1.807) is 0 Å². The highest BCUT2D eigenvalue weighted by Crippen LogP contribution is 2.34. The van der Waals surface area contributed by atoms with Crippen LogP contribution in [0.1, 0.15) is 18.9 Å². The summed E-state index contributed by atoms with van der Waals surface area (Å²) in [6.45, 7) is 0.943. The fourth-order valence-corrected chi connectivity index (χ4v) is 2.39. The first kappa shape index (κ1) is 20.3. The predicted molar refractivity (Wildman–Crippen MR) is 89.1 cm³/mol. The molecular weight excluding hydrogens is 371 g/mol. The van der Waals surface area contributed by atoms with E-state index in [-0.39, 0.29) is 18.7 Å². The SMILES string of the molecule is CC(=O)N(CCC(=O)Nc1ccccc1C(F)(F)F)c1ccc(F)c(F)c1. The molecule has 0 aliphatic carbocycles. The van der Waals surface area contributed by atoms with Gasteiger partial charge in [-0.1, -0.05) is 12.1 Å². The van der Waals surface area contributed by atoms with E-state index in [9.17, 15) is 31.5 Å². The highest BCUT2D eigenvalue weighted by molar-refractivity contribution is 5.95. The van der Waals surface area contributed by atoms with Crippen LogP contribution in [0.5, 0.6) is 0 Å². The number of hydrogen-bond acceptors (Lipinski definition) is 2. The molecule has 0 aromatic heterocycles. The number of nitrogens with zero attached hydrogens (tertiary/aromatic N) is 1. The third-order valence-corrected chi connectivity index (χ3v) is 3.66. The average molecular weight is 386 g/mol. The van der Waals surface area contributed by atoms with E-state index in [0.717, 1.165) is 42.2 Å². The molecule has 0 aliphatic heterocycles. The number of alkyl halides is 3. The first-order valence-electron chi connectivity index (χ1n) is 7.79. The van der Waals surface area contributed by atoms with Crippen LogP contribution < -0.4 is 10.2 Å². The van der Waals surface area contributed by atoms with E-state index >= 15 is 0 Å². The number of anilines is 2. The number of carbonyl (C=O) groups excluding carboxylic acids is 2. The van der Waals surface area contributed by atoms with Crippen molar-refractivity contribution in [2.75, 3.05) is 16.8 Å². The van der Waals surface area contributed by atoms with E-state index in [4.69, 9.17) is 0 Å². The zero-order valence-corrected chi connectivity index (χ0v) is 14.1. The molecule has 0 spiro atoms. The number of amides is 2. The Labute approximate surface area is 151 Å². The summed E-state index contributed by atoms with van der Waals surface area (Å²) in [7, 11) is 0. The van der Waals surface area contributed by atoms with Crippen LogP contribution in [-0.4, -0.2) is 18.4 Å². The molecule has 0 radical (unpaired) electrons. The second-order valence-electron chi connectivity index (χ2n) is 5.61. The van der Waals surface area contributed by atoms with Gasteiger partial charge in [0.05, 0.1) is 11.3 Å². The average Bonchev–Trinajstić information content (AvgIpc) is 2.57. The number of nitrogens with one attached hydrogen (secondary N) is 1. The number of halogens is 5. The van der Waals surface area contributed by atoms with Crippen LogP contribution in [0.4, 0.5) is 33.3 Å². The van der Waals surface area contributed by atoms with Gasteiger partial charge in [-0.05, 0) is 24.3 Å². The van der Waals surface area contributed by atoms with Gasteiger partial charge in [0, 0.05) is 31.6 Å². The lowest BCUT2D eigenvalue weighted by Crippen LogP contribution is -2.32. The molecule has 2 rings (SSSR count). The van der Waals surface area contributed by atoms with Gasteiger partial charge in [-0.25, -0.2) is 8.78 Å². The minimum atomic E-state index is -4.64. The lowest BCUT2D eigenvalue weighted by Gasteiger charge is -2.21. The summed E-state index contributed by atoms with van der Waals surface area (Å²) in [6.07, 6.45) is -4.98. The Morgan fingerprint density at radius 3 is 2.30 bits per heavy atom. The van der Waals surface area contributed by atoms with E-state index < -0.39 is 40.9 Å². The number of hydrogen-bond donors (Lipinski definition) is 1. The standard InChI is InChI=1S/C18H15F5N2O2/c1-11(26)25(12-6-7-14(19)15(20)10-12)9-8-17(27)24-16-5-3-2-4-13(16)18(21,22)23/h2-7,10H,8-9H2,1H3,(H,24,27). The van der Waals surface area contributed by atoms with Crippen molar-refractivity contribution in [3.63, 3.8) is 0 Å². The van der Waals surface area contributed by atoms with Crippen LogP contribution in [0, 0.1) is 11.6 Å². The van der Waals surface area contributed by atoms with Crippen molar-refractivity contribution < 1.29 is 31.5 Å². The Bertz CT molecular complexity index is 852. The second-order valence-corrected chi connectivity index (χ2v) is 5.61. The Balaban J connectivity index is 2.09. The first-order chi connectivity index (χ1) is 12.6. The van der Waals surface area contributed by atoms with E-state index in [0.29, 0.717) is 0 Å². The zero-order valence-electron chi connectivity index (χ0n) is 14.1. The van der Waals surface area contributed by atoms with Crippen LogP contribution in [0.2, 0.25) is 0 Å². The highest BCUT2D eigenvalue weighted by atomic mass is 19.4. The summed E-state index contributed by atoms with van der Waals surface area (Å²) in [4.78, 5) is 24.8. The third kappa shape index (κ3) is 5.25. The van der Waals surface area contributed by atoms with Crippen LogP contribution in [0.25, 0.3) is 0 Å². The van der Waals surface area contributed by atoms with E-state index in [2.05, 4.69) is 5.32 Å². The number of para-hydroxylation sites is 1. The summed E-state index contributed by atoms with van der Waals surface area (Å²) in [6, 6.07) is 7.27. The zero-order chi connectivity index (χ0) is 20.2. The Morgan fingerprint density at radius 2 is 1.70 bits per heavy atom. The van der Waals surface area contributed by atoms with Crippen LogP contribution in [0.3, 0.4) is 0 Å². The molecule has 1 N–H and O–H groups in total. The van der Waals surface area contributed by atoms with Crippen molar-refractivity contribution in [1.29, 1.82) is 0 Å². The molecule has 0 bridgehead atoms. The molecule has 27 heavy (non-hydrogen) atoms. The molecule has 2 aromatic rings. The summed E-state index contributed by atoms with van der Waals surface area (Å²) in [5.41, 5.74) is -1.37. The Kier molecular flexibility index (Phi) is 6.14. The van der Waals surface area contributed by atoms with Crippen molar-refractivity contribution in [3.05, 3.63) is 59.7 Å². The summed E-state index contributed by atoms with van der Waals surface area (Å²) < 4.78 is 65.2. The maximum absolute atomic E-state index is 13.3. The summed E-state index contributed by atoms with van der Waals surface area (Å²) >= 11 is 0. The Morgan fingerprint density at radius 1 is 1.04 bits per heavy atom. The molecule has 144 valence electrons.